The number of rotatable bonds is 2. The second-order valence-corrected chi connectivity index (χ2v) is 15.0. The highest BCUT2D eigenvalue weighted by Crippen LogP contribution is 2.35. The minimum absolute atomic E-state index is 0.217. The summed E-state index contributed by atoms with van der Waals surface area (Å²) in [5.74, 6) is 0. The topological polar surface area (TPSA) is 0 Å². The van der Waals surface area contributed by atoms with Crippen molar-refractivity contribution in [2.24, 2.45) is 0 Å². The van der Waals surface area contributed by atoms with Crippen molar-refractivity contribution in [3.8, 4) is 0 Å². The molecule has 1 atom stereocenters. The van der Waals surface area contributed by atoms with Gasteiger partial charge < -0.3 is 0 Å². The zero-order chi connectivity index (χ0) is 15.9. The maximum Gasteiger partial charge on any atom is 0.0518 e. The van der Waals surface area contributed by atoms with Crippen molar-refractivity contribution in [1.82, 2.24) is 0 Å². The van der Waals surface area contributed by atoms with E-state index in [9.17, 15) is 0 Å². The van der Waals surface area contributed by atoms with Gasteiger partial charge in [-0.25, -0.2) is 0 Å². The third-order valence-corrected chi connectivity index (χ3v) is 7.42. The van der Waals surface area contributed by atoms with E-state index < -0.39 is 8.07 Å². The molecule has 1 unspecified atom stereocenters. The summed E-state index contributed by atoms with van der Waals surface area (Å²) in [7, 11) is -1.17. The molecule has 0 aliphatic carbocycles. The minimum Gasteiger partial charge on any atom is -0.0691 e. The molecular formula is C19H34Si. The van der Waals surface area contributed by atoms with Gasteiger partial charge in [-0.2, -0.15) is 0 Å². The van der Waals surface area contributed by atoms with Crippen LogP contribution in [0.2, 0.25) is 19.6 Å². The number of hydrogen-bond donors (Lipinski definition) is 0. The first-order chi connectivity index (χ1) is 8.73. The molecule has 1 aromatic rings. The molecule has 20 heavy (non-hydrogen) atoms. The molecule has 0 saturated carbocycles. The van der Waals surface area contributed by atoms with E-state index in [0.29, 0.717) is 5.54 Å². The van der Waals surface area contributed by atoms with Gasteiger partial charge in [0.15, 0.2) is 0 Å². The molecule has 0 spiro atoms. The van der Waals surface area contributed by atoms with Gasteiger partial charge in [0.1, 0.15) is 0 Å². The molecule has 0 N–H and O–H groups in total. The molecular weight excluding hydrogens is 256 g/mol. The lowest BCUT2D eigenvalue weighted by Gasteiger charge is -2.31. The molecule has 0 saturated heterocycles. The van der Waals surface area contributed by atoms with E-state index in [2.05, 4.69) is 86.3 Å². The van der Waals surface area contributed by atoms with Gasteiger partial charge in [-0.05, 0) is 33.1 Å². The fraction of sp³-hybridized carbons (Fsp3) is 0.684. The Labute approximate surface area is 128 Å². The molecule has 1 heteroatoms. The van der Waals surface area contributed by atoms with Gasteiger partial charge in [-0.1, -0.05) is 86.3 Å². The van der Waals surface area contributed by atoms with Gasteiger partial charge in [0.2, 0.25) is 0 Å². The summed E-state index contributed by atoms with van der Waals surface area (Å²) >= 11 is 0. The van der Waals surface area contributed by atoms with E-state index in [1.165, 1.54) is 11.1 Å². The molecule has 0 amide bonds. The van der Waals surface area contributed by atoms with Crippen molar-refractivity contribution >= 4 is 8.07 Å². The predicted octanol–water partition coefficient (Wildman–Crippen LogP) is 6.26. The van der Waals surface area contributed by atoms with Crippen LogP contribution in [0.3, 0.4) is 0 Å². The van der Waals surface area contributed by atoms with Crippen LogP contribution in [-0.4, -0.2) is 8.07 Å². The normalized spacial score (nSPS) is 15.3. The fourth-order valence-corrected chi connectivity index (χ4v) is 3.43. The molecule has 1 aromatic carbocycles. The lowest BCUT2D eigenvalue weighted by Crippen LogP contribution is -2.29. The van der Waals surface area contributed by atoms with Crippen molar-refractivity contribution < 1.29 is 0 Å². The first-order valence-corrected chi connectivity index (χ1v) is 11.5. The molecule has 0 fully saturated rings. The average molecular weight is 291 g/mol. The summed E-state index contributed by atoms with van der Waals surface area (Å²) in [6.07, 6.45) is 0. The SMILES string of the molecule is CC(c1cc(C(C)(C)C)cc(C(C)(C)C)c1)[Si](C)(C)C. The quantitative estimate of drug-likeness (QED) is 0.564. The maximum absolute atomic E-state index is 2.47. The molecule has 0 nitrogen and oxygen atoms in total. The fourth-order valence-electron chi connectivity index (χ4n) is 2.27. The zero-order valence-corrected chi connectivity index (χ0v) is 16.3. The van der Waals surface area contributed by atoms with Gasteiger partial charge in [0, 0.05) is 0 Å². The first kappa shape index (κ1) is 17.5. The molecule has 0 aromatic heterocycles. The van der Waals surface area contributed by atoms with Crippen LogP contribution in [0.15, 0.2) is 18.2 Å². The van der Waals surface area contributed by atoms with Gasteiger partial charge in [-0.3, -0.25) is 0 Å². The lowest BCUT2D eigenvalue weighted by atomic mass is 9.79. The Morgan fingerprint density at radius 3 is 1.35 bits per heavy atom. The third-order valence-electron chi connectivity index (χ3n) is 4.49. The van der Waals surface area contributed by atoms with Crippen LogP contribution in [0.25, 0.3) is 0 Å². The van der Waals surface area contributed by atoms with Crippen molar-refractivity contribution in [3.63, 3.8) is 0 Å². The molecule has 114 valence electrons. The van der Waals surface area contributed by atoms with Gasteiger partial charge in [0.05, 0.1) is 8.07 Å². The highest BCUT2D eigenvalue weighted by Gasteiger charge is 2.27. The Kier molecular flexibility index (Phi) is 4.66. The predicted molar refractivity (Wildman–Crippen MR) is 95.6 cm³/mol. The van der Waals surface area contributed by atoms with Crippen molar-refractivity contribution in [2.75, 3.05) is 0 Å². The van der Waals surface area contributed by atoms with Crippen LogP contribution in [0.5, 0.6) is 0 Å². The monoisotopic (exact) mass is 290 g/mol. The van der Waals surface area contributed by atoms with Gasteiger partial charge >= 0.3 is 0 Å². The van der Waals surface area contributed by atoms with E-state index >= 15 is 0 Å². The van der Waals surface area contributed by atoms with Crippen LogP contribution in [0, 0.1) is 0 Å². The summed E-state index contributed by atoms with van der Waals surface area (Å²) in [6.45, 7) is 23.7. The van der Waals surface area contributed by atoms with E-state index in [4.69, 9.17) is 0 Å². The molecule has 0 bridgehead atoms. The number of benzene rings is 1. The zero-order valence-electron chi connectivity index (χ0n) is 15.3. The Hall–Kier alpha value is -0.563. The third kappa shape index (κ3) is 4.21. The highest BCUT2D eigenvalue weighted by atomic mass is 28.3. The Bertz CT molecular complexity index is 432. The summed E-state index contributed by atoms with van der Waals surface area (Å²) in [6, 6.07) is 7.33. The summed E-state index contributed by atoms with van der Waals surface area (Å²) in [5, 5.41) is 0. The van der Waals surface area contributed by atoms with Gasteiger partial charge in [-0.15, -0.1) is 0 Å². The van der Waals surface area contributed by atoms with E-state index in [-0.39, 0.29) is 10.8 Å². The van der Waals surface area contributed by atoms with Crippen LogP contribution < -0.4 is 0 Å². The van der Waals surface area contributed by atoms with Crippen molar-refractivity contribution in [2.45, 2.75) is 84.5 Å². The minimum atomic E-state index is -1.17. The Balaban J connectivity index is 3.47. The van der Waals surface area contributed by atoms with E-state index in [1.807, 2.05) is 0 Å². The average Bonchev–Trinajstić information content (AvgIpc) is 2.23. The lowest BCUT2D eigenvalue weighted by molar-refractivity contribution is 0.566. The highest BCUT2D eigenvalue weighted by molar-refractivity contribution is 6.77. The smallest absolute Gasteiger partial charge is 0.0518 e. The van der Waals surface area contributed by atoms with Crippen molar-refractivity contribution in [3.05, 3.63) is 34.9 Å². The second-order valence-electron chi connectivity index (χ2n) is 9.43. The first-order valence-electron chi connectivity index (χ1n) is 7.89. The Morgan fingerprint density at radius 2 is 1.10 bits per heavy atom. The molecule has 0 aliphatic heterocycles. The molecule has 0 heterocycles. The van der Waals surface area contributed by atoms with E-state index in [1.54, 1.807) is 5.56 Å². The van der Waals surface area contributed by atoms with E-state index in [0.717, 1.165) is 0 Å². The molecule has 1 rings (SSSR count). The summed E-state index contributed by atoms with van der Waals surface area (Å²) in [4.78, 5) is 0. The molecule has 0 aliphatic rings. The van der Waals surface area contributed by atoms with Crippen LogP contribution in [0.4, 0.5) is 0 Å². The molecule has 0 radical (unpaired) electrons. The summed E-state index contributed by atoms with van der Waals surface area (Å²) < 4.78 is 0. The number of hydrogen-bond acceptors (Lipinski definition) is 0. The van der Waals surface area contributed by atoms with Crippen LogP contribution in [0.1, 0.15) is 70.7 Å². The van der Waals surface area contributed by atoms with Crippen molar-refractivity contribution in [1.29, 1.82) is 0 Å². The largest absolute Gasteiger partial charge is 0.0691 e. The standard InChI is InChI=1S/C19H34Si/c1-14(20(8,9)10)15-11-16(18(2,3)4)13-17(12-15)19(5,6)7/h11-14H,1-10H3. The van der Waals surface area contributed by atoms with Gasteiger partial charge in [0.25, 0.3) is 0 Å². The van der Waals surface area contributed by atoms with Crippen LogP contribution in [-0.2, 0) is 10.8 Å². The second kappa shape index (κ2) is 5.33. The summed E-state index contributed by atoms with van der Waals surface area (Å²) in [5.41, 5.74) is 5.63. The Morgan fingerprint density at radius 1 is 0.750 bits per heavy atom. The van der Waals surface area contributed by atoms with Crippen LogP contribution >= 0.6 is 0 Å². The maximum atomic E-state index is 2.47.